The quantitative estimate of drug-likeness (QED) is 0.756. The first-order valence-corrected chi connectivity index (χ1v) is 6.99. The molecule has 0 unspecified atom stereocenters. The highest BCUT2D eigenvalue weighted by Gasteiger charge is 2.23. The van der Waals surface area contributed by atoms with E-state index in [2.05, 4.69) is 0 Å². The van der Waals surface area contributed by atoms with Crippen molar-refractivity contribution in [3.05, 3.63) is 29.8 Å². The van der Waals surface area contributed by atoms with Crippen LogP contribution in [-0.4, -0.2) is 42.6 Å². The predicted molar refractivity (Wildman–Crippen MR) is 80.4 cm³/mol. The minimum atomic E-state index is -0.407. The van der Waals surface area contributed by atoms with Gasteiger partial charge in [0.1, 0.15) is 12.3 Å². The molecule has 0 heterocycles. The highest BCUT2D eigenvalue weighted by molar-refractivity contribution is 5.96. The van der Waals surface area contributed by atoms with Crippen LogP contribution < -0.4 is 4.74 Å². The smallest absolute Gasteiger partial charge is 0.325 e. The predicted octanol–water partition coefficient (Wildman–Crippen LogP) is 2.50. The standard InChI is InChI=1S/C16H23NO4/c1-11(2)17(10-15(18)21-12(3)4)16(19)13-7-6-8-14(9-13)20-5/h6-9,11-12H,10H2,1-5H3. The summed E-state index contributed by atoms with van der Waals surface area (Å²) in [7, 11) is 1.55. The van der Waals surface area contributed by atoms with Crippen LogP contribution in [0.15, 0.2) is 24.3 Å². The lowest BCUT2D eigenvalue weighted by Crippen LogP contribution is -2.41. The molecule has 5 heteroatoms. The second kappa shape index (κ2) is 7.67. The van der Waals surface area contributed by atoms with Gasteiger partial charge in [0.25, 0.3) is 5.91 Å². The SMILES string of the molecule is COc1cccc(C(=O)N(CC(=O)OC(C)C)C(C)C)c1. The number of hydrogen-bond donors (Lipinski definition) is 0. The van der Waals surface area contributed by atoms with Crippen LogP contribution in [0.25, 0.3) is 0 Å². The van der Waals surface area contributed by atoms with E-state index in [0.29, 0.717) is 11.3 Å². The molecule has 0 spiro atoms. The fraction of sp³-hybridized carbons (Fsp3) is 0.500. The highest BCUT2D eigenvalue weighted by Crippen LogP contribution is 2.15. The van der Waals surface area contributed by atoms with Crippen LogP contribution in [0.5, 0.6) is 5.75 Å². The van der Waals surface area contributed by atoms with E-state index < -0.39 is 5.97 Å². The molecule has 0 radical (unpaired) electrons. The van der Waals surface area contributed by atoms with E-state index in [1.165, 1.54) is 4.90 Å². The molecule has 1 rings (SSSR count). The zero-order valence-corrected chi connectivity index (χ0v) is 13.3. The van der Waals surface area contributed by atoms with Crippen LogP contribution in [0.1, 0.15) is 38.1 Å². The molecule has 1 aromatic rings. The lowest BCUT2D eigenvalue weighted by Gasteiger charge is -2.26. The van der Waals surface area contributed by atoms with Crippen LogP contribution in [0, 0.1) is 0 Å². The molecule has 1 amide bonds. The first-order chi connectivity index (χ1) is 9.85. The van der Waals surface area contributed by atoms with Crippen molar-refractivity contribution in [2.75, 3.05) is 13.7 Å². The number of hydrogen-bond acceptors (Lipinski definition) is 4. The molecule has 0 aromatic heterocycles. The largest absolute Gasteiger partial charge is 0.497 e. The monoisotopic (exact) mass is 293 g/mol. The topological polar surface area (TPSA) is 55.8 Å². The van der Waals surface area contributed by atoms with Crippen LogP contribution in [0.2, 0.25) is 0 Å². The molecule has 21 heavy (non-hydrogen) atoms. The van der Waals surface area contributed by atoms with Gasteiger partial charge in [0.2, 0.25) is 0 Å². The van der Waals surface area contributed by atoms with E-state index in [9.17, 15) is 9.59 Å². The van der Waals surface area contributed by atoms with E-state index in [-0.39, 0.29) is 24.6 Å². The van der Waals surface area contributed by atoms with E-state index in [1.54, 1.807) is 45.2 Å². The first-order valence-electron chi connectivity index (χ1n) is 6.99. The fourth-order valence-electron chi connectivity index (χ4n) is 1.85. The van der Waals surface area contributed by atoms with Crippen molar-refractivity contribution in [3.63, 3.8) is 0 Å². The van der Waals surface area contributed by atoms with Crippen molar-refractivity contribution in [1.29, 1.82) is 0 Å². The summed E-state index contributed by atoms with van der Waals surface area (Å²) in [4.78, 5) is 25.8. The Kier molecular flexibility index (Phi) is 6.21. The molecule has 0 fully saturated rings. The Morgan fingerprint density at radius 3 is 2.38 bits per heavy atom. The zero-order chi connectivity index (χ0) is 16.0. The molecule has 0 saturated carbocycles. The van der Waals surface area contributed by atoms with Crippen LogP contribution in [-0.2, 0) is 9.53 Å². The van der Waals surface area contributed by atoms with Gasteiger partial charge in [-0.15, -0.1) is 0 Å². The van der Waals surface area contributed by atoms with Crippen molar-refractivity contribution in [2.45, 2.75) is 39.8 Å². The Hall–Kier alpha value is -2.04. The van der Waals surface area contributed by atoms with Gasteiger partial charge >= 0.3 is 5.97 Å². The number of nitrogens with zero attached hydrogens (tertiary/aromatic N) is 1. The summed E-state index contributed by atoms with van der Waals surface area (Å²) < 4.78 is 10.2. The lowest BCUT2D eigenvalue weighted by molar-refractivity contribution is -0.148. The molecule has 0 bridgehead atoms. The van der Waals surface area contributed by atoms with Gasteiger partial charge < -0.3 is 14.4 Å². The van der Waals surface area contributed by atoms with Crippen molar-refractivity contribution in [3.8, 4) is 5.75 Å². The number of ether oxygens (including phenoxy) is 2. The molecule has 0 N–H and O–H groups in total. The summed E-state index contributed by atoms with van der Waals surface area (Å²) >= 11 is 0. The molecule has 0 aliphatic heterocycles. The van der Waals surface area contributed by atoms with Crippen molar-refractivity contribution < 1.29 is 19.1 Å². The van der Waals surface area contributed by atoms with Gasteiger partial charge in [0.05, 0.1) is 13.2 Å². The van der Waals surface area contributed by atoms with Crippen molar-refractivity contribution in [1.82, 2.24) is 4.90 Å². The summed E-state index contributed by atoms with van der Waals surface area (Å²) in [6, 6.07) is 6.77. The highest BCUT2D eigenvalue weighted by atomic mass is 16.5. The first kappa shape index (κ1) is 17.0. The van der Waals surface area contributed by atoms with Gasteiger partial charge in [-0.1, -0.05) is 6.07 Å². The Bertz CT molecular complexity index is 497. The Morgan fingerprint density at radius 2 is 1.86 bits per heavy atom. The molecular formula is C16H23NO4. The van der Waals surface area contributed by atoms with Gasteiger partial charge in [0, 0.05) is 11.6 Å². The second-order valence-corrected chi connectivity index (χ2v) is 5.30. The molecule has 0 saturated heterocycles. The third kappa shape index (κ3) is 5.10. The lowest BCUT2D eigenvalue weighted by atomic mass is 10.1. The van der Waals surface area contributed by atoms with Crippen molar-refractivity contribution >= 4 is 11.9 Å². The molecular weight excluding hydrogens is 270 g/mol. The maximum absolute atomic E-state index is 12.5. The van der Waals surface area contributed by atoms with Gasteiger partial charge in [-0.2, -0.15) is 0 Å². The molecule has 0 aliphatic carbocycles. The molecule has 5 nitrogen and oxygen atoms in total. The fourth-order valence-corrected chi connectivity index (χ4v) is 1.85. The van der Waals surface area contributed by atoms with Gasteiger partial charge in [-0.3, -0.25) is 9.59 Å². The third-order valence-corrected chi connectivity index (χ3v) is 2.87. The van der Waals surface area contributed by atoms with Crippen LogP contribution >= 0.6 is 0 Å². The number of carbonyl (C=O) groups excluding carboxylic acids is 2. The molecule has 0 aliphatic rings. The number of rotatable bonds is 6. The van der Waals surface area contributed by atoms with Gasteiger partial charge in [0.15, 0.2) is 0 Å². The molecule has 0 atom stereocenters. The van der Waals surface area contributed by atoms with E-state index in [1.807, 2.05) is 13.8 Å². The normalized spacial score (nSPS) is 10.6. The number of carbonyl (C=O) groups is 2. The second-order valence-electron chi connectivity index (χ2n) is 5.30. The summed E-state index contributed by atoms with van der Waals surface area (Å²) in [5, 5.41) is 0. The number of esters is 1. The van der Waals surface area contributed by atoms with Gasteiger partial charge in [-0.05, 0) is 45.9 Å². The summed E-state index contributed by atoms with van der Waals surface area (Å²) in [6.45, 7) is 7.22. The Balaban J connectivity index is 2.89. The Morgan fingerprint density at radius 1 is 1.19 bits per heavy atom. The van der Waals surface area contributed by atoms with Crippen LogP contribution in [0.4, 0.5) is 0 Å². The van der Waals surface area contributed by atoms with Crippen molar-refractivity contribution in [2.24, 2.45) is 0 Å². The number of amides is 1. The summed E-state index contributed by atoms with van der Waals surface area (Å²) in [5.41, 5.74) is 0.486. The van der Waals surface area contributed by atoms with Gasteiger partial charge in [-0.25, -0.2) is 0 Å². The maximum Gasteiger partial charge on any atom is 0.325 e. The average molecular weight is 293 g/mol. The average Bonchev–Trinajstić information content (AvgIpc) is 2.43. The maximum atomic E-state index is 12.5. The van der Waals surface area contributed by atoms with Crippen LogP contribution in [0.3, 0.4) is 0 Å². The van der Waals surface area contributed by atoms with E-state index >= 15 is 0 Å². The zero-order valence-electron chi connectivity index (χ0n) is 13.3. The number of methoxy groups -OCH3 is 1. The molecule has 116 valence electrons. The third-order valence-electron chi connectivity index (χ3n) is 2.87. The summed E-state index contributed by atoms with van der Waals surface area (Å²) in [5.74, 6) is -0.0196. The van der Waals surface area contributed by atoms with E-state index in [4.69, 9.17) is 9.47 Å². The summed E-state index contributed by atoms with van der Waals surface area (Å²) in [6.07, 6.45) is -0.196. The minimum absolute atomic E-state index is 0.0636. The minimum Gasteiger partial charge on any atom is -0.497 e. The Labute approximate surface area is 125 Å². The number of benzene rings is 1. The van der Waals surface area contributed by atoms with E-state index in [0.717, 1.165) is 0 Å². The molecule has 1 aromatic carbocycles.